The SMILES string of the molecule is CC(O)OOC(=O)CC(C(=O)O)S(=O)(=O)O.[NaH].[NaH].[NaH]. The Bertz CT molecular complexity index is 368. The van der Waals surface area contributed by atoms with Crippen molar-refractivity contribution in [2.24, 2.45) is 0 Å². The van der Waals surface area contributed by atoms with Gasteiger partial charge in [0.1, 0.15) is 0 Å². The van der Waals surface area contributed by atoms with Crippen LogP contribution in [0.1, 0.15) is 13.3 Å². The number of aliphatic hydroxyl groups is 1. The van der Waals surface area contributed by atoms with E-state index >= 15 is 0 Å². The Balaban J connectivity index is -0.000000375. The molecule has 0 saturated heterocycles. The third-order valence-electron chi connectivity index (χ3n) is 1.27. The maximum atomic E-state index is 10.8. The standard InChI is InChI=1S/C6H10O9S.3Na.3H/c1-3(7)14-15-5(8)2-4(6(9)10)16(11,12)13;;;;;;/h3-4,7H,2H2,1H3,(H,9,10)(H,11,12,13);;;;;;. The van der Waals surface area contributed by atoms with Gasteiger partial charge in [0.2, 0.25) is 0 Å². The first-order valence-electron chi connectivity index (χ1n) is 3.88. The molecule has 0 bridgehead atoms. The van der Waals surface area contributed by atoms with E-state index in [0.29, 0.717) is 0 Å². The predicted molar refractivity (Wildman–Crippen MR) is 67.9 cm³/mol. The first kappa shape index (κ1) is 28.9. The number of aliphatic hydroxyl groups excluding tert-OH is 1. The van der Waals surface area contributed by atoms with Gasteiger partial charge in [0, 0.05) is 0 Å². The Morgan fingerprint density at radius 3 is 1.89 bits per heavy atom. The minimum atomic E-state index is -4.92. The van der Waals surface area contributed by atoms with Gasteiger partial charge in [0.05, 0.1) is 6.42 Å². The molecular formula is C6H13Na3O9S. The van der Waals surface area contributed by atoms with Gasteiger partial charge in [-0.05, 0) is 6.92 Å². The van der Waals surface area contributed by atoms with Crippen molar-refractivity contribution in [3.05, 3.63) is 0 Å². The van der Waals surface area contributed by atoms with Crippen LogP contribution < -0.4 is 0 Å². The van der Waals surface area contributed by atoms with E-state index in [0.717, 1.165) is 6.92 Å². The Morgan fingerprint density at radius 1 is 1.21 bits per heavy atom. The average Bonchev–Trinajstić information content (AvgIpc) is 2.08. The number of hydrogen-bond acceptors (Lipinski definition) is 7. The summed E-state index contributed by atoms with van der Waals surface area (Å²) in [7, 11) is -4.92. The van der Waals surface area contributed by atoms with Crippen molar-refractivity contribution in [2.75, 3.05) is 0 Å². The molecule has 0 heterocycles. The molecule has 13 heteroatoms. The molecule has 9 nitrogen and oxygen atoms in total. The molecule has 0 aromatic heterocycles. The fraction of sp³-hybridized carbons (Fsp3) is 0.667. The van der Waals surface area contributed by atoms with Crippen LogP contribution in [0.3, 0.4) is 0 Å². The maximum absolute atomic E-state index is 10.8. The van der Waals surface area contributed by atoms with Gasteiger partial charge in [0.15, 0.2) is 11.5 Å². The van der Waals surface area contributed by atoms with Crippen LogP contribution in [0.2, 0.25) is 0 Å². The molecule has 0 saturated carbocycles. The molecule has 0 aromatic rings. The molecule has 0 aliphatic rings. The number of carbonyl (C=O) groups is 2. The monoisotopic (exact) mass is 330 g/mol. The molecule has 2 unspecified atom stereocenters. The van der Waals surface area contributed by atoms with E-state index in [4.69, 9.17) is 14.8 Å². The van der Waals surface area contributed by atoms with E-state index in [1.807, 2.05) is 0 Å². The van der Waals surface area contributed by atoms with Crippen molar-refractivity contribution in [1.29, 1.82) is 0 Å². The zero-order valence-corrected chi connectivity index (χ0v) is 8.88. The Labute approximate surface area is 176 Å². The summed E-state index contributed by atoms with van der Waals surface area (Å²) in [5.74, 6) is -3.26. The van der Waals surface area contributed by atoms with Crippen LogP contribution in [0.15, 0.2) is 0 Å². The first-order chi connectivity index (χ1) is 7.14. The number of carboxylic acid groups (broad SMARTS) is 1. The van der Waals surface area contributed by atoms with Crippen molar-refractivity contribution >= 4 is 111 Å². The van der Waals surface area contributed by atoms with Gasteiger partial charge < -0.3 is 10.2 Å². The first-order valence-corrected chi connectivity index (χ1v) is 5.38. The Kier molecular flexibility index (Phi) is 20.4. The van der Waals surface area contributed by atoms with Gasteiger partial charge in [-0.25, -0.2) is 4.79 Å². The van der Waals surface area contributed by atoms with E-state index in [2.05, 4.69) is 9.78 Å². The van der Waals surface area contributed by atoms with Gasteiger partial charge >= 0.3 is 101 Å². The second-order valence-corrected chi connectivity index (χ2v) is 4.30. The fourth-order valence-corrected chi connectivity index (χ4v) is 1.23. The third kappa shape index (κ3) is 14.5. The summed E-state index contributed by atoms with van der Waals surface area (Å²) < 4.78 is 29.5. The van der Waals surface area contributed by atoms with Crippen molar-refractivity contribution in [1.82, 2.24) is 0 Å². The molecule has 0 rings (SSSR count). The zero-order valence-electron chi connectivity index (χ0n) is 8.06. The van der Waals surface area contributed by atoms with Crippen molar-refractivity contribution < 1.29 is 42.5 Å². The Hall–Kier alpha value is 1.77. The minimum absolute atomic E-state index is 0. The average molecular weight is 330 g/mol. The van der Waals surface area contributed by atoms with E-state index in [-0.39, 0.29) is 88.7 Å². The van der Waals surface area contributed by atoms with Gasteiger partial charge in [-0.2, -0.15) is 13.3 Å². The molecule has 0 amide bonds. The number of aliphatic carboxylic acids is 1. The normalized spacial score (nSPS) is 12.8. The second-order valence-electron chi connectivity index (χ2n) is 2.70. The summed E-state index contributed by atoms with van der Waals surface area (Å²) in [5.41, 5.74) is 0. The molecule has 100 valence electrons. The summed E-state index contributed by atoms with van der Waals surface area (Å²) in [6.07, 6.45) is -2.58. The van der Waals surface area contributed by atoms with Crippen LogP contribution in [-0.4, -0.2) is 135 Å². The molecule has 0 spiro atoms. The summed E-state index contributed by atoms with van der Waals surface area (Å²) in [4.78, 5) is 29.0. The van der Waals surface area contributed by atoms with Gasteiger partial charge in [-0.1, -0.05) is 0 Å². The molecule has 0 fully saturated rings. The summed E-state index contributed by atoms with van der Waals surface area (Å²) >= 11 is 0. The van der Waals surface area contributed by atoms with Crippen LogP contribution >= 0.6 is 0 Å². The molecular weight excluding hydrogens is 317 g/mol. The van der Waals surface area contributed by atoms with Gasteiger partial charge in [0.25, 0.3) is 10.1 Å². The topological polar surface area (TPSA) is 147 Å². The van der Waals surface area contributed by atoms with E-state index in [9.17, 15) is 18.0 Å². The number of carboxylic acids is 1. The summed E-state index contributed by atoms with van der Waals surface area (Å²) in [6.45, 7) is 1.10. The number of hydrogen-bond donors (Lipinski definition) is 3. The summed E-state index contributed by atoms with van der Waals surface area (Å²) in [6, 6.07) is 0. The van der Waals surface area contributed by atoms with Crippen LogP contribution in [0.4, 0.5) is 0 Å². The van der Waals surface area contributed by atoms with Gasteiger partial charge in [-0.3, -0.25) is 14.2 Å². The number of carbonyl (C=O) groups excluding carboxylic acids is 1. The van der Waals surface area contributed by atoms with Gasteiger partial charge in [-0.15, -0.1) is 0 Å². The number of rotatable bonds is 6. The van der Waals surface area contributed by atoms with Crippen LogP contribution in [0.5, 0.6) is 0 Å². The van der Waals surface area contributed by atoms with Crippen molar-refractivity contribution in [3.63, 3.8) is 0 Å². The zero-order chi connectivity index (χ0) is 12.9. The van der Waals surface area contributed by atoms with Crippen molar-refractivity contribution in [2.45, 2.75) is 24.9 Å². The van der Waals surface area contributed by atoms with Crippen LogP contribution in [0.25, 0.3) is 0 Å². The van der Waals surface area contributed by atoms with Crippen LogP contribution in [-0.2, 0) is 29.5 Å². The fourth-order valence-electron chi connectivity index (χ4n) is 0.629. The molecule has 0 aromatic carbocycles. The molecule has 0 aliphatic heterocycles. The molecule has 0 aliphatic carbocycles. The Morgan fingerprint density at radius 2 is 1.63 bits per heavy atom. The molecule has 19 heavy (non-hydrogen) atoms. The third-order valence-corrected chi connectivity index (χ3v) is 2.35. The van der Waals surface area contributed by atoms with Crippen LogP contribution in [0, 0.1) is 0 Å². The van der Waals surface area contributed by atoms with E-state index in [1.54, 1.807) is 0 Å². The quantitative estimate of drug-likeness (QED) is 0.149. The predicted octanol–water partition coefficient (Wildman–Crippen LogP) is -3.41. The summed E-state index contributed by atoms with van der Waals surface area (Å²) in [5, 5.41) is 14.6. The molecule has 0 radical (unpaired) electrons. The van der Waals surface area contributed by atoms with Crippen molar-refractivity contribution in [3.8, 4) is 0 Å². The van der Waals surface area contributed by atoms with E-state index in [1.165, 1.54) is 0 Å². The van der Waals surface area contributed by atoms with E-state index < -0.39 is 40.0 Å². The molecule has 3 N–H and O–H groups in total. The molecule has 2 atom stereocenters. The second kappa shape index (κ2) is 13.4.